The summed E-state index contributed by atoms with van der Waals surface area (Å²) in [5.41, 5.74) is 0.436. The van der Waals surface area contributed by atoms with Crippen LogP contribution in [-0.4, -0.2) is 45.0 Å². The van der Waals surface area contributed by atoms with Crippen LogP contribution >= 0.6 is 11.8 Å². The lowest BCUT2D eigenvalue weighted by Gasteiger charge is -2.37. The molecule has 0 bridgehead atoms. The van der Waals surface area contributed by atoms with Crippen molar-refractivity contribution in [2.45, 2.75) is 23.5 Å². The molecule has 0 aliphatic carbocycles. The first kappa shape index (κ1) is 18.2. The molecule has 0 unspecified atom stereocenters. The van der Waals surface area contributed by atoms with Gasteiger partial charge in [0.15, 0.2) is 0 Å². The maximum absolute atomic E-state index is 12.3. The predicted octanol–water partition coefficient (Wildman–Crippen LogP) is 2.75. The molecule has 1 aromatic rings. The number of rotatable bonds is 7. The van der Waals surface area contributed by atoms with Gasteiger partial charge in [-0.15, -0.1) is 0 Å². The van der Waals surface area contributed by atoms with E-state index in [0.29, 0.717) is 35.4 Å². The number of benzene rings is 1. The number of thioether (sulfide) groups is 1. The fourth-order valence-corrected chi connectivity index (χ4v) is 3.29. The van der Waals surface area contributed by atoms with Gasteiger partial charge in [-0.1, -0.05) is 11.8 Å². The molecule has 2 N–H and O–H groups in total. The minimum absolute atomic E-state index is 0.0405. The largest absolute Gasteiger partial charge is 0.384 e. The fraction of sp³-hybridized carbons (Fsp3) is 0.562. The summed E-state index contributed by atoms with van der Waals surface area (Å²) in [7, 11) is 1.67. The first-order chi connectivity index (χ1) is 11.0. The molecule has 0 aromatic heterocycles. The van der Waals surface area contributed by atoms with Crippen molar-refractivity contribution in [3.8, 4) is 0 Å². The number of carbonyl (C=O) groups excluding carboxylic acids is 1. The number of amides is 1. The summed E-state index contributed by atoms with van der Waals surface area (Å²) in [5.74, 6) is -2.64. The van der Waals surface area contributed by atoms with Crippen molar-refractivity contribution in [3.05, 3.63) is 29.8 Å². The van der Waals surface area contributed by atoms with Gasteiger partial charge in [0.05, 0.1) is 6.61 Å². The minimum Gasteiger partial charge on any atom is -0.384 e. The molecular weight excluding hydrogens is 322 g/mol. The van der Waals surface area contributed by atoms with E-state index in [1.54, 1.807) is 31.4 Å². The molecule has 1 aliphatic rings. The fourth-order valence-electron chi connectivity index (χ4n) is 2.79. The molecule has 1 amide bonds. The summed E-state index contributed by atoms with van der Waals surface area (Å²) >= 11 is 0.472. The second-order valence-electron chi connectivity index (χ2n) is 5.77. The van der Waals surface area contributed by atoms with Crippen LogP contribution in [0.25, 0.3) is 0 Å². The Bertz CT molecular complexity index is 500. The van der Waals surface area contributed by atoms with Crippen LogP contribution in [0.4, 0.5) is 8.78 Å². The van der Waals surface area contributed by atoms with Crippen LogP contribution in [0, 0.1) is 5.41 Å². The monoisotopic (exact) mass is 344 g/mol. The second-order valence-corrected chi connectivity index (χ2v) is 6.83. The van der Waals surface area contributed by atoms with Crippen LogP contribution < -0.4 is 10.6 Å². The van der Waals surface area contributed by atoms with Crippen LogP contribution in [0.3, 0.4) is 0 Å². The molecule has 128 valence electrons. The number of alkyl halides is 2. The van der Waals surface area contributed by atoms with Gasteiger partial charge in [-0.25, -0.2) is 0 Å². The van der Waals surface area contributed by atoms with Crippen LogP contribution in [-0.2, 0) is 4.74 Å². The summed E-state index contributed by atoms with van der Waals surface area (Å²) in [5, 5.41) is 6.26. The second kappa shape index (κ2) is 8.61. The van der Waals surface area contributed by atoms with Crippen molar-refractivity contribution in [2.24, 2.45) is 5.41 Å². The minimum atomic E-state index is -2.46. The van der Waals surface area contributed by atoms with Crippen molar-refractivity contribution in [1.82, 2.24) is 10.6 Å². The first-order valence-electron chi connectivity index (χ1n) is 7.57. The third-order valence-corrected chi connectivity index (χ3v) is 4.80. The summed E-state index contributed by atoms with van der Waals surface area (Å²) in [6, 6.07) is 6.24. The van der Waals surface area contributed by atoms with E-state index in [1.807, 2.05) is 0 Å². The Morgan fingerprint density at radius 3 is 2.57 bits per heavy atom. The topological polar surface area (TPSA) is 50.4 Å². The zero-order valence-electron chi connectivity index (χ0n) is 13.1. The molecule has 2 rings (SSSR count). The smallest absolute Gasteiger partial charge is 0.288 e. The number of halogens is 2. The third-order valence-electron chi connectivity index (χ3n) is 4.08. The SMILES string of the molecule is COCC1(CNC(=O)c2ccc(SC(F)F)cc2)CCNCC1. The number of hydrogen-bond donors (Lipinski definition) is 2. The van der Waals surface area contributed by atoms with Gasteiger partial charge in [0.25, 0.3) is 11.7 Å². The van der Waals surface area contributed by atoms with Gasteiger partial charge in [0, 0.05) is 29.5 Å². The first-order valence-corrected chi connectivity index (χ1v) is 8.45. The van der Waals surface area contributed by atoms with Gasteiger partial charge < -0.3 is 15.4 Å². The number of nitrogens with one attached hydrogen (secondary N) is 2. The maximum atomic E-state index is 12.3. The zero-order valence-corrected chi connectivity index (χ0v) is 13.9. The van der Waals surface area contributed by atoms with E-state index in [9.17, 15) is 13.6 Å². The lowest BCUT2D eigenvalue weighted by molar-refractivity contribution is 0.0511. The zero-order chi connectivity index (χ0) is 16.7. The highest BCUT2D eigenvalue weighted by Gasteiger charge is 2.32. The predicted molar refractivity (Wildman–Crippen MR) is 87.0 cm³/mol. The van der Waals surface area contributed by atoms with Crippen LogP contribution in [0.2, 0.25) is 0 Å². The van der Waals surface area contributed by atoms with E-state index in [0.717, 1.165) is 25.9 Å². The summed E-state index contributed by atoms with van der Waals surface area (Å²) < 4.78 is 29.9. The molecule has 7 heteroatoms. The molecule has 1 aromatic carbocycles. The van der Waals surface area contributed by atoms with Gasteiger partial charge in [0.1, 0.15) is 0 Å². The Hall–Kier alpha value is -1.18. The van der Waals surface area contributed by atoms with Crippen LogP contribution in [0.5, 0.6) is 0 Å². The molecule has 0 saturated carbocycles. The van der Waals surface area contributed by atoms with Crippen molar-refractivity contribution in [1.29, 1.82) is 0 Å². The number of hydrogen-bond acceptors (Lipinski definition) is 4. The quantitative estimate of drug-likeness (QED) is 0.747. The molecule has 1 heterocycles. The molecule has 0 radical (unpaired) electrons. The Morgan fingerprint density at radius 2 is 2.00 bits per heavy atom. The van der Waals surface area contributed by atoms with E-state index in [1.165, 1.54) is 0 Å². The molecule has 1 saturated heterocycles. The van der Waals surface area contributed by atoms with E-state index in [2.05, 4.69) is 10.6 Å². The molecule has 0 atom stereocenters. The Kier molecular flexibility index (Phi) is 6.80. The van der Waals surface area contributed by atoms with Gasteiger partial charge in [0.2, 0.25) is 0 Å². The standard InChI is InChI=1S/C16H22F2N2O2S/c1-22-11-16(6-8-19-9-7-16)10-20-14(21)12-2-4-13(5-3-12)23-15(17)18/h2-5,15,19H,6-11H2,1H3,(H,20,21). The van der Waals surface area contributed by atoms with Crippen molar-refractivity contribution in [2.75, 3.05) is 33.4 Å². The van der Waals surface area contributed by atoms with E-state index in [-0.39, 0.29) is 11.3 Å². The van der Waals surface area contributed by atoms with Gasteiger partial charge in [-0.3, -0.25) is 4.79 Å². The average Bonchev–Trinajstić information content (AvgIpc) is 2.54. The highest BCUT2D eigenvalue weighted by molar-refractivity contribution is 7.99. The highest BCUT2D eigenvalue weighted by atomic mass is 32.2. The third kappa shape index (κ3) is 5.44. The van der Waals surface area contributed by atoms with E-state index < -0.39 is 5.76 Å². The number of piperidine rings is 1. The lowest BCUT2D eigenvalue weighted by Crippen LogP contribution is -2.47. The molecular formula is C16H22F2N2O2S. The van der Waals surface area contributed by atoms with Gasteiger partial charge in [-0.05, 0) is 50.2 Å². The van der Waals surface area contributed by atoms with E-state index >= 15 is 0 Å². The molecule has 1 fully saturated rings. The van der Waals surface area contributed by atoms with Gasteiger partial charge in [-0.2, -0.15) is 8.78 Å². The number of carbonyl (C=O) groups is 1. The summed E-state index contributed by atoms with van der Waals surface area (Å²) in [6.45, 7) is 2.99. The highest BCUT2D eigenvalue weighted by Crippen LogP contribution is 2.28. The molecule has 0 spiro atoms. The Morgan fingerprint density at radius 1 is 1.35 bits per heavy atom. The maximum Gasteiger partial charge on any atom is 0.288 e. The van der Waals surface area contributed by atoms with Gasteiger partial charge >= 0.3 is 0 Å². The Labute approximate surface area is 139 Å². The molecule has 23 heavy (non-hydrogen) atoms. The Balaban J connectivity index is 1.92. The number of ether oxygens (including phenoxy) is 1. The van der Waals surface area contributed by atoms with Crippen molar-refractivity contribution in [3.63, 3.8) is 0 Å². The number of methoxy groups -OCH3 is 1. The van der Waals surface area contributed by atoms with Crippen molar-refractivity contribution < 1.29 is 18.3 Å². The summed E-state index contributed by atoms with van der Waals surface area (Å²) in [4.78, 5) is 12.7. The van der Waals surface area contributed by atoms with E-state index in [4.69, 9.17) is 4.74 Å². The lowest BCUT2D eigenvalue weighted by atomic mass is 9.79. The molecule has 1 aliphatic heterocycles. The molecule has 4 nitrogen and oxygen atoms in total. The van der Waals surface area contributed by atoms with Crippen LogP contribution in [0.1, 0.15) is 23.2 Å². The average molecular weight is 344 g/mol. The normalized spacial score (nSPS) is 17.2. The van der Waals surface area contributed by atoms with Crippen molar-refractivity contribution >= 4 is 17.7 Å². The van der Waals surface area contributed by atoms with Crippen LogP contribution in [0.15, 0.2) is 29.2 Å². The summed E-state index contributed by atoms with van der Waals surface area (Å²) in [6.07, 6.45) is 1.90.